The minimum absolute atomic E-state index is 1.08. The van der Waals surface area contributed by atoms with Crippen molar-refractivity contribution < 1.29 is 0 Å². The highest BCUT2D eigenvalue weighted by molar-refractivity contribution is 9.11. The van der Waals surface area contributed by atoms with Gasteiger partial charge in [0.15, 0.2) is 0 Å². The summed E-state index contributed by atoms with van der Waals surface area (Å²) in [6, 6.07) is 26.1. The van der Waals surface area contributed by atoms with Crippen LogP contribution in [-0.4, -0.2) is 0 Å². The monoisotopic (exact) mass is 552 g/mol. The maximum absolute atomic E-state index is 3.69. The van der Waals surface area contributed by atoms with E-state index in [-0.39, 0.29) is 0 Å². The highest BCUT2D eigenvalue weighted by atomic mass is 79.9. The average molecular weight is 554 g/mol. The standard InChI is InChI=1S/C26H18Br2S2/c1-15-16(2)29-26-23(15)24(17-12-18(27)14-19(28)13-17)21-10-6-7-11-22(21)25(26)30-20-8-4-3-5-9-20/h3-14H,1-2H3. The summed E-state index contributed by atoms with van der Waals surface area (Å²) in [6.07, 6.45) is 0. The molecule has 0 N–H and O–H groups in total. The van der Waals surface area contributed by atoms with Gasteiger partial charge in [0.2, 0.25) is 0 Å². The highest BCUT2D eigenvalue weighted by Crippen LogP contribution is 2.50. The summed E-state index contributed by atoms with van der Waals surface area (Å²) in [6.45, 7) is 4.50. The Bertz CT molecular complexity index is 1380. The lowest BCUT2D eigenvalue weighted by molar-refractivity contribution is 1.45. The predicted octanol–water partition coefficient (Wildman–Crippen LogP) is 10.0. The Hall–Kier alpha value is -1.59. The van der Waals surface area contributed by atoms with Crippen LogP contribution in [-0.2, 0) is 0 Å². The normalized spacial score (nSPS) is 11.5. The van der Waals surface area contributed by atoms with Crippen molar-refractivity contribution in [1.29, 1.82) is 0 Å². The van der Waals surface area contributed by atoms with Crippen molar-refractivity contribution in [1.82, 2.24) is 0 Å². The van der Waals surface area contributed by atoms with E-state index in [2.05, 4.69) is 119 Å². The molecule has 1 aromatic heterocycles. The summed E-state index contributed by atoms with van der Waals surface area (Å²) in [5.74, 6) is 0. The van der Waals surface area contributed by atoms with Crippen LogP contribution >= 0.6 is 55.0 Å². The Morgan fingerprint density at radius 1 is 0.767 bits per heavy atom. The largest absolute Gasteiger partial charge is 0.139 e. The molecule has 0 unspecified atom stereocenters. The molecule has 0 aliphatic rings. The van der Waals surface area contributed by atoms with Gasteiger partial charge in [0.05, 0.1) is 4.70 Å². The molecule has 4 aromatic carbocycles. The third kappa shape index (κ3) is 3.54. The molecular formula is C26H18Br2S2. The smallest absolute Gasteiger partial charge is 0.0500 e. The quantitative estimate of drug-likeness (QED) is 0.214. The van der Waals surface area contributed by atoms with E-state index in [1.54, 1.807) is 0 Å². The second kappa shape index (κ2) is 8.16. The van der Waals surface area contributed by atoms with Gasteiger partial charge in [-0.2, -0.15) is 0 Å². The maximum Gasteiger partial charge on any atom is 0.0500 e. The lowest BCUT2D eigenvalue weighted by atomic mass is 9.93. The number of rotatable bonds is 3. The molecule has 0 saturated carbocycles. The number of hydrogen-bond acceptors (Lipinski definition) is 2. The molecule has 4 heteroatoms. The summed E-state index contributed by atoms with van der Waals surface area (Å²) in [4.78, 5) is 4.00. The summed E-state index contributed by atoms with van der Waals surface area (Å²) in [5, 5.41) is 3.99. The van der Waals surface area contributed by atoms with Gasteiger partial charge in [-0.25, -0.2) is 0 Å². The van der Waals surface area contributed by atoms with Crippen LogP contribution in [0.25, 0.3) is 32.0 Å². The molecule has 5 rings (SSSR count). The summed E-state index contributed by atoms with van der Waals surface area (Å²) < 4.78 is 3.54. The van der Waals surface area contributed by atoms with Gasteiger partial charge in [-0.15, -0.1) is 11.3 Å². The van der Waals surface area contributed by atoms with Crippen molar-refractivity contribution in [2.75, 3.05) is 0 Å². The molecule has 0 nitrogen and oxygen atoms in total. The minimum Gasteiger partial charge on any atom is -0.139 e. The first-order valence-corrected chi connectivity index (χ1v) is 12.9. The van der Waals surface area contributed by atoms with Crippen molar-refractivity contribution in [2.45, 2.75) is 23.6 Å². The number of thiophene rings is 1. The van der Waals surface area contributed by atoms with E-state index in [4.69, 9.17) is 0 Å². The summed E-state index contributed by atoms with van der Waals surface area (Å²) in [7, 11) is 0. The van der Waals surface area contributed by atoms with E-state index in [0.29, 0.717) is 0 Å². The first-order chi connectivity index (χ1) is 14.5. The fourth-order valence-corrected chi connectivity index (χ4v) is 7.63. The zero-order valence-electron chi connectivity index (χ0n) is 16.5. The van der Waals surface area contributed by atoms with Gasteiger partial charge in [0.1, 0.15) is 0 Å². The third-order valence-electron chi connectivity index (χ3n) is 5.40. The molecule has 0 radical (unpaired) electrons. The molecule has 1 heterocycles. The van der Waals surface area contributed by atoms with E-state index in [1.165, 1.54) is 52.2 Å². The van der Waals surface area contributed by atoms with Gasteiger partial charge in [-0.1, -0.05) is 86.1 Å². The third-order valence-corrected chi connectivity index (χ3v) is 8.80. The summed E-state index contributed by atoms with van der Waals surface area (Å²) in [5.41, 5.74) is 3.93. The summed E-state index contributed by atoms with van der Waals surface area (Å²) >= 11 is 11.2. The second-order valence-corrected chi connectivity index (χ2v) is 11.5. The molecule has 30 heavy (non-hydrogen) atoms. The minimum atomic E-state index is 1.08. The van der Waals surface area contributed by atoms with Crippen LogP contribution in [0.1, 0.15) is 10.4 Å². The van der Waals surface area contributed by atoms with Gasteiger partial charge < -0.3 is 0 Å². The zero-order valence-corrected chi connectivity index (χ0v) is 21.3. The van der Waals surface area contributed by atoms with Gasteiger partial charge in [-0.05, 0) is 71.6 Å². The Morgan fingerprint density at radius 3 is 2.10 bits per heavy atom. The van der Waals surface area contributed by atoms with Crippen molar-refractivity contribution in [3.8, 4) is 11.1 Å². The van der Waals surface area contributed by atoms with Crippen LogP contribution in [0.5, 0.6) is 0 Å². The van der Waals surface area contributed by atoms with Gasteiger partial charge in [-0.3, -0.25) is 0 Å². The molecule has 148 valence electrons. The number of aryl methyl sites for hydroxylation is 2. The van der Waals surface area contributed by atoms with E-state index >= 15 is 0 Å². The number of hydrogen-bond donors (Lipinski definition) is 0. The lowest BCUT2D eigenvalue weighted by Crippen LogP contribution is -1.89. The molecular weight excluding hydrogens is 536 g/mol. The average Bonchev–Trinajstić information content (AvgIpc) is 3.02. The lowest BCUT2D eigenvalue weighted by Gasteiger charge is -2.16. The highest BCUT2D eigenvalue weighted by Gasteiger charge is 2.21. The molecule has 0 saturated heterocycles. The number of fused-ring (bicyclic) bond motifs is 2. The SMILES string of the molecule is Cc1sc2c(Sc3ccccc3)c3ccccc3c(-c3cc(Br)cc(Br)c3)c2c1C. The number of benzene rings is 4. The molecule has 0 bridgehead atoms. The maximum atomic E-state index is 3.69. The molecule has 0 amide bonds. The fourth-order valence-electron chi connectivity index (χ4n) is 3.95. The Balaban J connectivity index is 1.93. The van der Waals surface area contributed by atoms with E-state index in [9.17, 15) is 0 Å². The van der Waals surface area contributed by atoms with Gasteiger partial charge >= 0.3 is 0 Å². The fraction of sp³-hybridized carbons (Fsp3) is 0.0769. The van der Waals surface area contributed by atoms with Crippen LogP contribution in [0.3, 0.4) is 0 Å². The van der Waals surface area contributed by atoms with E-state index in [1.807, 2.05) is 23.1 Å². The van der Waals surface area contributed by atoms with Crippen LogP contribution in [0.15, 0.2) is 91.5 Å². The van der Waals surface area contributed by atoms with Crippen LogP contribution < -0.4 is 0 Å². The Morgan fingerprint density at radius 2 is 1.40 bits per heavy atom. The van der Waals surface area contributed by atoms with Crippen LogP contribution in [0, 0.1) is 13.8 Å². The Kier molecular flexibility index (Phi) is 5.53. The zero-order chi connectivity index (χ0) is 20.8. The first kappa shape index (κ1) is 20.3. The molecule has 0 aliphatic heterocycles. The van der Waals surface area contributed by atoms with Crippen LogP contribution in [0.4, 0.5) is 0 Å². The first-order valence-electron chi connectivity index (χ1n) is 9.66. The molecule has 0 aliphatic carbocycles. The van der Waals surface area contributed by atoms with Gasteiger partial charge in [0.25, 0.3) is 0 Å². The Labute approximate surface area is 201 Å². The molecule has 5 aromatic rings. The molecule has 0 spiro atoms. The van der Waals surface area contributed by atoms with Crippen molar-refractivity contribution in [3.05, 3.63) is 92.2 Å². The van der Waals surface area contributed by atoms with E-state index < -0.39 is 0 Å². The topological polar surface area (TPSA) is 0 Å². The molecule has 0 fully saturated rings. The number of halogens is 2. The van der Waals surface area contributed by atoms with Gasteiger partial charge in [0, 0.05) is 29.0 Å². The van der Waals surface area contributed by atoms with Crippen LogP contribution in [0.2, 0.25) is 0 Å². The van der Waals surface area contributed by atoms with Crippen molar-refractivity contribution in [2.24, 2.45) is 0 Å². The second-order valence-electron chi connectivity index (χ2n) is 7.31. The van der Waals surface area contributed by atoms with Crippen molar-refractivity contribution >= 4 is 75.8 Å². The molecule has 0 atom stereocenters. The predicted molar refractivity (Wildman–Crippen MR) is 140 cm³/mol. The van der Waals surface area contributed by atoms with E-state index in [0.717, 1.165) is 8.95 Å². The van der Waals surface area contributed by atoms with Crippen molar-refractivity contribution in [3.63, 3.8) is 0 Å².